The molecule has 0 radical (unpaired) electrons. The van der Waals surface area contributed by atoms with Gasteiger partial charge in [0.05, 0.1) is 5.75 Å². The van der Waals surface area contributed by atoms with E-state index in [9.17, 15) is 8.42 Å². The van der Waals surface area contributed by atoms with Gasteiger partial charge in [-0.15, -0.1) is 0 Å². The van der Waals surface area contributed by atoms with Crippen LogP contribution in [0.4, 0.5) is 0 Å². The smallest absolute Gasteiger partial charge is 0.151 e. The molecule has 0 unspecified atom stereocenters. The van der Waals surface area contributed by atoms with Crippen LogP contribution in [0.1, 0.15) is 26.2 Å². The molecule has 0 heterocycles. The Morgan fingerprint density at radius 1 is 1.38 bits per heavy atom. The van der Waals surface area contributed by atoms with Gasteiger partial charge in [0, 0.05) is 23.6 Å². The first-order valence-corrected chi connectivity index (χ1v) is 9.04. The highest BCUT2D eigenvalue weighted by atomic mass is 32.2. The van der Waals surface area contributed by atoms with E-state index in [0.717, 1.165) is 0 Å². The van der Waals surface area contributed by atoms with E-state index in [1.54, 1.807) is 6.92 Å². The average molecular weight is 265 g/mol. The fourth-order valence-corrected chi connectivity index (χ4v) is 4.19. The minimum Gasteiger partial charge on any atom is -0.301 e. The van der Waals surface area contributed by atoms with Crippen LogP contribution in [-0.2, 0) is 9.84 Å². The lowest BCUT2D eigenvalue weighted by Gasteiger charge is -2.28. The molecule has 0 amide bonds. The first-order chi connectivity index (χ1) is 7.50. The van der Waals surface area contributed by atoms with Gasteiger partial charge in [0.25, 0.3) is 0 Å². The molecule has 0 bridgehead atoms. The maximum Gasteiger partial charge on any atom is 0.151 e. The van der Waals surface area contributed by atoms with Gasteiger partial charge >= 0.3 is 0 Å². The molecule has 96 valence electrons. The largest absolute Gasteiger partial charge is 0.301 e. The molecule has 1 rings (SSSR count). The van der Waals surface area contributed by atoms with Crippen molar-refractivity contribution in [3.05, 3.63) is 0 Å². The van der Waals surface area contributed by atoms with E-state index in [1.807, 2.05) is 11.8 Å². The van der Waals surface area contributed by atoms with Gasteiger partial charge in [0.15, 0.2) is 9.84 Å². The zero-order valence-corrected chi connectivity index (χ0v) is 12.1. The fourth-order valence-electron chi connectivity index (χ4n) is 2.28. The molecule has 0 N–H and O–H groups in total. The van der Waals surface area contributed by atoms with Gasteiger partial charge in [-0.25, -0.2) is 8.42 Å². The van der Waals surface area contributed by atoms with Gasteiger partial charge in [0.2, 0.25) is 0 Å². The topological polar surface area (TPSA) is 37.4 Å². The number of thioether (sulfide) groups is 1. The summed E-state index contributed by atoms with van der Waals surface area (Å²) >= 11 is 1.92. The van der Waals surface area contributed by atoms with Crippen LogP contribution in [-0.4, -0.2) is 56.0 Å². The number of nitrogens with zero attached hydrogens (tertiary/aromatic N) is 1. The molecular weight excluding hydrogens is 242 g/mol. The highest BCUT2D eigenvalue weighted by Crippen LogP contribution is 2.31. The lowest BCUT2D eigenvalue weighted by molar-refractivity contribution is 0.264. The van der Waals surface area contributed by atoms with Crippen LogP contribution >= 0.6 is 11.8 Å². The quantitative estimate of drug-likeness (QED) is 0.731. The third-order valence-corrected chi connectivity index (χ3v) is 6.32. The fraction of sp³-hybridized carbons (Fsp3) is 1.00. The van der Waals surface area contributed by atoms with Crippen LogP contribution in [0.15, 0.2) is 0 Å². The van der Waals surface area contributed by atoms with Gasteiger partial charge < -0.3 is 4.90 Å². The minimum absolute atomic E-state index is 0.261. The second-order valence-electron chi connectivity index (χ2n) is 4.49. The Morgan fingerprint density at radius 3 is 2.62 bits per heavy atom. The predicted molar refractivity (Wildman–Crippen MR) is 71.9 cm³/mol. The van der Waals surface area contributed by atoms with E-state index in [1.165, 1.54) is 19.3 Å². The van der Waals surface area contributed by atoms with Crippen molar-refractivity contribution in [2.75, 3.05) is 31.4 Å². The van der Waals surface area contributed by atoms with Crippen LogP contribution in [0, 0.1) is 0 Å². The number of hydrogen-bond acceptors (Lipinski definition) is 4. The molecule has 0 aromatic heterocycles. The minimum atomic E-state index is -2.82. The second-order valence-corrected chi connectivity index (χ2v) is 8.04. The molecule has 0 saturated heterocycles. The Morgan fingerprint density at radius 2 is 2.06 bits per heavy atom. The van der Waals surface area contributed by atoms with Crippen LogP contribution in [0.3, 0.4) is 0 Å². The molecular formula is C11H23NO2S2. The Kier molecular flexibility index (Phi) is 5.61. The van der Waals surface area contributed by atoms with Gasteiger partial charge in [0.1, 0.15) is 0 Å². The summed E-state index contributed by atoms with van der Waals surface area (Å²) in [6, 6.07) is 0.571. The van der Waals surface area contributed by atoms with Crippen LogP contribution in [0.2, 0.25) is 0 Å². The van der Waals surface area contributed by atoms with E-state index >= 15 is 0 Å². The summed E-state index contributed by atoms with van der Waals surface area (Å²) < 4.78 is 22.9. The molecule has 1 aliphatic carbocycles. The van der Waals surface area contributed by atoms with Crippen molar-refractivity contribution in [2.24, 2.45) is 0 Å². The summed E-state index contributed by atoms with van der Waals surface area (Å²) in [5.41, 5.74) is 0. The summed E-state index contributed by atoms with van der Waals surface area (Å²) in [5.74, 6) is 0.565. The maximum absolute atomic E-state index is 11.4. The normalized spacial score (nSPS) is 26.5. The lowest BCUT2D eigenvalue weighted by Crippen LogP contribution is -2.39. The maximum atomic E-state index is 11.4. The van der Waals surface area contributed by atoms with E-state index in [2.05, 4.69) is 18.2 Å². The van der Waals surface area contributed by atoms with Crippen molar-refractivity contribution < 1.29 is 8.42 Å². The Bertz CT molecular complexity index is 303. The SMILES string of the molecule is CCS(=O)(=O)CCN(C)[C@H]1CCC[C@H]1SC. The Labute approximate surface area is 104 Å². The molecule has 2 atom stereocenters. The predicted octanol–water partition coefficient (Wildman–Crippen LogP) is 1.64. The summed E-state index contributed by atoms with van der Waals surface area (Å²) in [7, 11) is -0.757. The molecule has 5 heteroatoms. The van der Waals surface area contributed by atoms with Crippen LogP contribution < -0.4 is 0 Å². The molecule has 1 saturated carbocycles. The molecule has 0 aromatic rings. The van der Waals surface area contributed by atoms with Gasteiger partial charge in [-0.05, 0) is 26.1 Å². The van der Waals surface area contributed by atoms with Crippen molar-refractivity contribution in [3.63, 3.8) is 0 Å². The summed E-state index contributed by atoms with van der Waals surface area (Å²) in [5, 5.41) is 0.689. The highest BCUT2D eigenvalue weighted by molar-refractivity contribution is 7.99. The zero-order chi connectivity index (χ0) is 12.2. The van der Waals surface area contributed by atoms with Crippen molar-refractivity contribution in [2.45, 2.75) is 37.5 Å². The summed E-state index contributed by atoms with van der Waals surface area (Å²) in [4.78, 5) is 2.24. The number of rotatable bonds is 6. The first-order valence-electron chi connectivity index (χ1n) is 5.93. The number of sulfone groups is 1. The van der Waals surface area contributed by atoms with E-state index < -0.39 is 9.84 Å². The van der Waals surface area contributed by atoms with Crippen LogP contribution in [0.25, 0.3) is 0 Å². The van der Waals surface area contributed by atoms with E-state index in [4.69, 9.17) is 0 Å². The van der Waals surface area contributed by atoms with Crippen molar-refractivity contribution in [1.29, 1.82) is 0 Å². The Balaban J connectivity index is 2.43. The highest BCUT2D eigenvalue weighted by Gasteiger charge is 2.29. The molecule has 3 nitrogen and oxygen atoms in total. The average Bonchev–Trinajstić information content (AvgIpc) is 2.74. The third-order valence-electron chi connectivity index (χ3n) is 3.48. The van der Waals surface area contributed by atoms with Crippen LogP contribution in [0.5, 0.6) is 0 Å². The third kappa shape index (κ3) is 3.93. The molecule has 16 heavy (non-hydrogen) atoms. The first kappa shape index (κ1) is 14.3. The van der Waals surface area contributed by atoms with Crippen molar-refractivity contribution in [3.8, 4) is 0 Å². The molecule has 0 aromatic carbocycles. The standard InChI is InChI=1S/C11H23NO2S2/c1-4-16(13,14)9-8-12(2)10-6-5-7-11(10)15-3/h10-11H,4-9H2,1-3H3/t10-,11+/m0/s1. The second kappa shape index (κ2) is 6.26. The molecule has 0 aliphatic heterocycles. The van der Waals surface area contributed by atoms with Gasteiger partial charge in [-0.2, -0.15) is 11.8 Å². The van der Waals surface area contributed by atoms with Crippen molar-refractivity contribution >= 4 is 21.6 Å². The van der Waals surface area contributed by atoms with E-state index in [0.29, 0.717) is 23.6 Å². The molecule has 1 aliphatic rings. The Hall–Kier alpha value is 0.260. The molecule has 0 spiro atoms. The molecule has 1 fully saturated rings. The van der Waals surface area contributed by atoms with Gasteiger partial charge in [-0.1, -0.05) is 13.3 Å². The van der Waals surface area contributed by atoms with E-state index in [-0.39, 0.29) is 5.75 Å². The monoisotopic (exact) mass is 265 g/mol. The summed E-state index contributed by atoms with van der Waals surface area (Å²) in [6.07, 6.45) is 5.92. The zero-order valence-electron chi connectivity index (χ0n) is 10.5. The lowest BCUT2D eigenvalue weighted by atomic mass is 10.2. The number of hydrogen-bond donors (Lipinski definition) is 0. The van der Waals surface area contributed by atoms with Crippen molar-refractivity contribution in [1.82, 2.24) is 4.90 Å². The summed E-state index contributed by atoms with van der Waals surface area (Å²) in [6.45, 7) is 2.40. The van der Waals surface area contributed by atoms with Gasteiger partial charge in [-0.3, -0.25) is 0 Å².